The van der Waals surface area contributed by atoms with Crippen LogP contribution in [-0.2, 0) is 13.0 Å². The average Bonchev–Trinajstić information content (AvgIpc) is 2.75. The molecule has 0 spiro atoms. The van der Waals surface area contributed by atoms with Crippen LogP contribution in [0.15, 0.2) is 47.5 Å². The van der Waals surface area contributed by atoms with Gasteiger partial charge >= 0.3 is 0 Å². The number of anilines is 1. The Morgan fingerprint density at radius 2 is 1.87 bits per heavy atom. The molecule has 0 N–H and O–H groups in total. The van der Waals surface area contributed by atoms with Crippen LogP contribution in [0.5, 0.6) is 5.75 Å². The van der Waals surface area contributed by atoms with E-state index in [0.717, 1.165) is 5.56 Å². The molecular formula is C23H24F2N4O2. The molecule has 0 radical (unpaired) electrons. The molecule has 1 aliphatic rings. The lowest BCUT2D eigenvalue weighted by atomic mass is 9.90. The standard InChI is InChI=1S/C23H24F2N4O2/c1-23(2)13-28(11-8-15-4-5-17(24)12-18(15)31-3)22-27-20(16-6-9-26-10-7-16)19(25)21(30)29(22)14-23/h4-7,9-10,12H,8,11,13-14H2,1-3H3. The van der Waals surface area contributed by atoms with Gasteiger partial charge in [0.15, 0.2) is 0 Å². The second kappa shape index (κ2) is 8.09. The quantitative estimate of drug-likeness (QED) is 0.623. The van der Waals surface area contributed by atoms with Crippen molar-refractivity contribution in [3.63, 3.8) is 0 Å². The van der Waals surface area contributed by atoms with Gasteiger partial charge in [-0.25, -0.2) is 9.37 Å². The number of ether oxygens (including phenoxy) is 1. The van der Waals surface area contributed by atoms with E-state index >= 15 is 0 Å². The largest absolute Gasteiger partial charge is 0.496 e. The number of fused-ring (bicyclic) bond motifs is 1. The molecule has 0 saturated heterocycles. The molecular weight excluding hydrogens is 402 g/mol. The number of rotatable bonds is 5. The summed E-state index contributed by atoms with van der Waals surface area (Å²) in [5.74, 6) is -0.333. The Hall–Kier alpha value is -3.29. The molecule has 1 aliphatic heterocycles. The fraction of sp³-hybridized carbons (Fsp3) is 0.348. The molecule has 2 aromatic heterocycles. The first-order valence-electron chi connectivity index (χ1n) is 10.1. The highest BCUT2D eigenvalue weighted by molar-refractivity contribution is 5.60. The second-order valence-electron chi connectivity index (χ2n) is 8.49. The molecule has 8 heteroatoms. The Kier molecular flexibility index (Phi) is 5.47. The molecule has 0 fully saturated rings. The highest BCUT2D eigenvalue weighted by atomic mass is 19.1. The number of aromatic nitrogens is 3. The fourth-order valence-electron chi connectivity index (χ4n) is 4.03. The predicted octanol–water partition coefficient (Wildman–Crippen LogP) is 3.68. The van der Waals surface area contributed by atoms with Crippen LogP contribution in [0.3, 0.4) is 0 Å². The third-order valence-corrected chi connectivity index (χ3v) is 5.44. The number of benzene rings is 1. The van der Waals surface area contributed by atoms with E-state index in [1.165, 1.54) is 36.2 Å². The summed E-state index contributed by atoms with van der Waals surface area (Å²) in [5.41, 5.74) is 0.419. The van der Waals surface area contributed by atoms with Gasteiger partial charge in [-0.2, -0.15) is 4.39 Å². The lowest BCUT2D eigenvalue weighted by Gasteiger charge is -2.40. The summed E-state index contributed by atoms with van der Waals surface area (Å²) in [6.45, 7) is 5.59. The van der Waals surface area contributed by atoms with Gasteiger partial charge in [-0.05, 0) is 30.2 Å². The smallest absolute Gasteiger partial charge is 0.291 e. The van der Waals surface area contributed by atoms with E-state index in [4.69, 9.17) is 4.74 Å². The van der Waals surface area contributed by atoms with Crippen molar-refractivity contribution >= 4 is 5.95 Å². The summed E-state index contributed by atoms with van der Waals surface area (Å²) < 4.78 is 35.2. The van der Waals surface area contributed by atoms with Crippen molar-refractivity contribution in [3.05, 3.63) is 70.3 Å². The molecule has 4 rings (SSSR count). The van der Waals surface area contributed by atoms with E-state index in [1.807, 2.05) is 18.7 Å². The maximum atomic E-state index is 15.0. The lowest BCUT2D eigenvalue weighted by molar-refractivity contribution is 0.271. The monoisotopic (exact) mass is 426 g/mol. The summed E-state index contributed by atoms with van der Waals surface area (Å²) in [4.78, 5) is 23.4. The molecule has 0 atom stereocenters. The fourth-order valence-corrected chi connectivity index (χ4v) is 4.03. The van der Waals surface area contributed by atoms with Gasteiger partial charge < -0.3 is 9.64 Å². The van der Waals surface area contributed by atoms with Crippen LogP contribution in [0.4, 0.5) is 14.7 Å². The van der Waals surface area contributed by atoms with Crippen LogP contribution in [0.25, 0.3) is 11.3 Å². The van der Waals surface area contributed by atoms with Gasteiger partial charge in [0.05, 0.1) is 7.11 Å². The van der Waals surface area contributed by atoms with Crippen LogP contribution in [0.2, 0.25) is 0 Å². The number of pyridine rings is 1. The first-order valence-corrected chi connectivity index (χ1v) is 10.1. The van der Waals surface area contributed by atoms with Gasteiger partial charge in [-0.1, -0.05) is 19.9 Å². The first kappa shape index (κ1) is 21.0. The van der Waals surface area contributed by atoms with Crippen molar-refractivity contribution in [2.24, 2.45) is 5.41 Å². The summed E-state index contributed by atoms with van der Waals surface area (Å²) in [5, 5.41) is 0. The van der Waals surface area contributed by atoms with Gasteiger partial charge in [-0.15, -0.1) is 0 Å². The van der Waals surface area contributed by atoms with Gasteiger partial charge in [0.1, 0.15) is 17.3 Å². The number of nitrogens with zero attached hydrogens (tertiary/aromatic N) is 4. The number of hydrogen-bond donors (Lipinski definition) is 0. The molecule has 0 saturated carbocycles. The highest BCUT2D eigenvalue weighted by Gasteiger charge is 2.34. The van der Waals surface area contributed by atoms with E-state index in [1.54, 1.807) is 18.2 Å². The van der Waals surface area contributed by atoms with Gasteiger partial charge in [-0.3, -0.25) is 14.3 Å². The lowest BCUT2D eigenvalue weighted by Crippen LogP contribution is -2.48. The van der Waals surface area contributed by atoms with Crippen LogP contribution in [-0.4, -0.2) is 34.7 Å². The molecule has 0 unspecified atom stereocenters. The zero-order valence-corrected chi connectivity index (χ0v) is 17.7. The summed E-state index contributed by atoms with van der Waals surface area (Å²) in [6.07, 6.45) is 3.63. The summed E-state index contributed by atoms with van der Waals surface area (Å²) in [6, 6.07) is 7.69. The van der Waals surface area contributed by atoms with Crippen molar-refractivity contribution in [2.45, 2.75) is 26.8 Å². The van der Waals surface area contributed by atoms with Crippen molar-refractivity contribution in [1.82, 2.24) is 14.5 Å². The van der Waals surface area contributed by atoms with E-state index in [2.05, 4.69) is 9.97 Å². The third-order valence-electron chi connectivity index (χ3n) is 5.44. The van der Waals surface area contributed by atoms with Crippen molar-refractivity contribution in [2.75, 3.05) is 25.1 Å². The minimum atomic E-state index is -0.868. The Bertz CT molecular complexity index is 1160. The second-order valence-corrected chi connectivity index (χ2v) is 8.49. The number of hydrogen-bond acceptors (Lipinski definition) is 5. The minimum absolute atomic E-state index is 0.0164. The van der Waals surface area contributed by atoms with Crippen LogP contribution < -0.4 is 15.2 Å². The Balaban J connectivity index is 1.74. The average molecular weight is 426 g/mol. The molecule has 0 bridgehead atoms. The van der Waals surface area contributed by atoms with E-state index < -0.39 is 11.4 Å². The van der Waals surface area contributed by atoms with Gasteiger partial charge in [0.25, 0.3) is 5.56 Å². The SMILES string of the molecule is COc1cc(F)ccc1CCN1CC(C)(C)Cn2c1nc(-c1ccncc1)c(F)c2=O. The predicted molar refractivity (Wildman–Crippen MR) is 114 cm³/mol. The first-order chi connectivity index (χ1) is 14.8. The zero-order valence-electron chi connectivity index (χ0n) is 17.7. The maximum Gasteiger partial charge on any atom is 0.291 e. The third kappa shape index (κ3) is 4.15. The molecule has 0 amide bonds. The molecule has 3 aromatic rings. The highest BCUT2D eigenvalue weighted by Crippen LogP contribution is 2.32. The molecule has 31 heavy (non-hydrogen) atoms. The Morgan fingerprint density at radius 3 is 2.58 bits per heavy atom. The molecule has 3 heterocycles. The topological polar surface area (TPSA) is 60.2 Å². The Morgan fingerprint density at radius 1 is 1.13 bits per heavy atom. The van der Waals surface area contributed by atoms with Crippen LogP contribution in [0.1, 0.15) is 19.4 Å². The van der Waals surface area contributed by atoms with E-state index in [9.17, 15) is 13.6 Å². The van der Waals surface area contributed by atoms with Crippen LogP contribution >= 0.6 is 0 Å². The summed E-state index contributed by atoms with van der Waals surface area (Å²) in [7, 11) is 1.50. The molecule has 1 aromatic carbocycles. The van der Waals surface area contributed by atoms with Crippen LogP contribution in [0, 0.1) is 17.0 Å². The molecule has 0 aliphatic carbocycles. The normalized spacial score (nSPS) is 14.9. The zero-order chi connectivity index (χ0) is 22.2. The minimum Gasteiger partial charge on any atom is -0.496 e. The van der Waals surface area contributed by atoms with Gasteiger partial charge in [0.2, 0.25) is 11.8 Å². The molecule has 6 nitrogen and oxygen atoms in total. The summed E-state index contributed by atoms with van der Waals surface area (Å²) >= 11 is 0. The van der Waals surface area contributed by atoms with Gasteiger partial charge in [0, 0.05) is 49.1 Å². The van der Waals surface area contributed by atoms with Crippen molar-refractivity contribution in [3.8, 4) is 17.0 Å². The number of methoxy groups -OCH3 is 1. The van der Waals surface area contributed by atoms with Crippen molar-refractivity contribution in [1.29, 1.82) is 0 Å². The van der Waals surface area contributed by atoms with E-state index in [-0.39, 0.29) is 16.9 Å². The van der Waals surface area contributed by atoms with Crippen molar-refractivity contribution < 1.29 is 13.5 Å². The van der Waals surface area contributed by atoms with E-state index in [0.29, 0.717) is 43.3 Å². The molecule has 162 valence electrons. The maximum absolute atomic E-state index is 15.0. The number of halogens is 2. The Labute approximate surface area is 179 Å².